The minimum absolute atomic E-state index is 0.379. The van der Waals surface area contributed by atoms with Gasteiger partial charge in [-0.2, -0.15) is 0 Å². The second-order valence-corrected chi connectivity index (χ2v) is 6.05. The van der Waals surface area contributed by atoms with Crippen LogP contribution < -0.4 is 16.0 Å². The Morgan fingerprint density at radius 2 is 1.43 bits per heavy atom. The Morgan fingerprint density at radius 3 is 1.90 bits per heavy atom. The molecule has 6 nitrogen and oxygen atoms in total. The lowest BCUT2D eigenvalue weighted by Crippen LogP contribution is -2.47. The van der Waals surface area contributed by atoms with Gasteiger partial charge in [0.1, 0.15) is 0 Å². The van der Waals surface area contributed by atoms with Crippen LogP contribution in [0.15, 0.2) is 0 Å². The molecule has 21 heavy (non-hydrogen) atoms. The normalized spacial score (nSPS) is 22.3. The molecule has 0 bridgehead atoms. The zero-order chi connectivity index (χ0) is 15.6. The van der Waals surface area contributed by atoms with E-state index in [1.807, 2.05) is 13.8 Å². The molecular formula is C15H34N4O2. The number of nitrogens with one attached hydrogen (secondary N) is 3. The van der Waals surface area contributed by atoms with Gasteiger partial charge in [-0.1, -0.05) is 0 Å². The molecule has 1 heterocycles. The van der Waals surface area contributed by atoms with Gasteiger partial charge in [-0.3, -0.25) is 4.90 Å². The van der Waals surface area contributed by atoms with Crippen molar-refractivity contribution < 1.29 is 9.47 Å². The van der Waals surface area contributed by atoms with Crippen molar-refractivity contribution in [2.75, 3.05) is 66.1 Å². The summed E-state index contributed by atoms with van der Waals surface area (Å²) < 4.78 is 11.2. The van der Waals surface area contributed by atoms with E-state index in [1.165, 1.54) is 0 Å². The standard InChI is InChI=1S/C15H34N4O2/c1-14(13-21-15(2,3)20-4)19-11-9-17-7-5-16-6-8-18-10-12-19/h14,16-18H,5-13H2,1-4H3/t14-/m0/s1. The van der Waals surface area contributed by atoms with E-state index in [1.54, 1.807) is 7.11 Å². The Balaban J connectivity index is 2.38. The highest BCUT2D eigenvalue weighted by atomic mass is 16.7. The van der Waals surface area contributed by atoms with Crippen LogP contribution >= 0.6 is 0 Å². The van der Waals surface area contributed by atoms with Crippen LogP contribution in [0.25, 0.3) is 0 Å². The van der Waals surface area contributed by atoms with Gasteiger partial charge in [-0.05, 0) is 20.8 Å². The van der Waals surface area contributed by atoms with Crippen molar-refractivity contribution in [3.8, 4) is 0 Å². The maximum atomic E-state index is 5.85. The molecule has 1 saturated heterocycles. The first-order valence-electron chi connectivity index (χ1n) is 8.10. The highest BCUT2D eigenvalue weighted by Crippen LogP contribution is 2.11. The van der Waals surface area contributed by atoms with Gasteiger partial charge in [0.2, 0.25) is 0 Å². The minimum Gasteiger partial charge on any atom is -0.354 e. The van der Waals surface area contributed by atoms with Crippen LogP contribution in [0.4, 0.5) is 0 Å². The number of hydrogen-bond acceptors (Lipinski definition) is 6. The largest absolute Gasteiger partial charge is 0.354 e. The predicted molar refractivity (Wildman–Crippen MR) is 86.7 cm³/mol. The van der Waals surface area contributed by atoms with Gasteiger partial charge in [0, 0.05) is 65.5 Å². The molecule has 0 amide bonds. The Labute approximate surface area is 129 Å². The van der Waals surface area contributed by atoms with E-state index in [2.05, 4.69) is 27.8 Å². The van der Waals surface area contributed by atoms with Crippen LogP contribution in [-0.2, 0) is 9.47 Å². The van der Waals surface area contributed by atoms with Gasteiger partial charge in [0.25, 0.3) is 0 Å². The number of nitrogens with zero attached hydrogens (tertiary/aromatic N) is 1. The zero-order valence-electron chi connectivity index (χ0n) is 14.2. The van der Waals surface area contributed by atoms with Crippen molar-refractivity contribution in [1.82, 2.24) is 20.9 Å². The fourth-order valence-corrected chi connectivity index (χ4v) is 2.21. The molecule has 3 N–H and O–H groups in total. The SMILES string of the molecule is COC(C)(C)OC[C@H](C)N1CCNCCNCCNCC1. The van der Waals surface area contributed by atoms with E-state index < -0.39 is 5.79 Å². The van der Waals surface area contributed by atoms with Crippen LogP contribution in [0, 0.1) is 0 Å². The summed E-state index contributed by atoms with van der Waals surface area (Å²) in [5.41, 5.74) is 0. The third-order valence-corrected chi connectivity index (χ3v) is 3.90. The maximum absolute atomic E-state index is 5.85. The van der Waals surface area contributed by atoms with Crippen molar-refractivity contribution >= 4 is 0 Å². The van der Waals surface area contributed by atoms with Gasteiger partial charge in [0.15, 0.2) is 5.79 Å². The Morgan fingerprint density at radius 1 is 0.952 bits per heavy atom. The predicted octanol–water partition coefficient (Wildman–Crippen LogP) is -0.142. The summed E-state index contributed by atoms with van der Waals surface area (Å²) in [5, 5.41) is 10.4. The third-order valence-electron chi connectivity index (χ3n) is 3.90. The summed E-state index contributed by atoms with van der Waals surface area (Å²) in [4.78, 5) is 2.47. The molecule has 0 saturated carbocycles. The van der Waals surface area contributed by atoms with E-state index in [0.29, 0.717) is 12.6 Å². The van der Waals surface area contributed by atoms with Crippen molar-refractivity contribution in [3.05, 3.63) is 0 Å². The summed E-state index contributed by atoms with van der Waals surface area (Å²) in [6.07, 6.45) is 0. The molecule has 0 aliphatic carbocycles. The second-order valence-electron chi connectivity index (χ2n) is 6.05. The van der Waals surface area contributed by atoms with Gasteiger partial charge < -0.3 is 25.4 Å². The van der Waals surface area contributed by atoms with Gasteiger partial charge >= 0.3 is 0 Å². The summed E-state index contributed by atoms with van der Waals surface area (Å²) >= 11 is 0. The molecule has 1 aliphatic heterocycles. The average Bonchev–Trinajstić information content (AvgIpc) is 2.45. The van der Waals surface area contributed by atoms with Crippen molar-refractivity contribution in [2.45, 2.75) is 32.6 Å². The lowest BCUT2D eigenvalue weighted by atomic mass is 10.2. The number of ether oxygens (including phenoxy) is 2. The lowest BCUT2D eigenvalue weighted by molar-refractivity contribution is -0.204. The van der Waals surface area contributed by atoms with E-state index in [-0.39, 0.29) is 0 Å². The van der Waals surface area contributed by atoms with E-state index >= 15 is 0 Å². The Hall–Kier alpha value is -0.240. The van der Waals surface area contributed by atoms with E-state index in [4.69, 9.17) is 9.47 Å². The van der Waals surface area contributed by atoms with Gasteiger partial charge in [0.05, 0.1) is 6.61 Å². The monoisotopic (exact) mass is 302 g/mol. The lowest BCUT2D eigenvalue weighted by Gasteiger charge is -2.32. The van der Waals surface area contributed by atoms with Crippen LogP contribution in [0.5, 0.6) is 0 Å². The first kappa shape index (κ1) is 18.8. The molecule has 0 aromatic rings. The first-order chi connectivity index (χ1) is 10.0. The van der Waals surface area contributed by atoms with Crippen molar-refractivity contribution in [3.63, 3.8) is 0 Å². The highest BCUT2D eigenvalue weighted by Gasteiger charge is 2.20. The molecule has 1 rings (SSSR count). The molecule has 0 radical (unpaired) electrons. The zero-order valence-corrected chi connectivity index (χ0v) is 14.2. The third kappa shape index (κ3) is 8.70. The van der Waals surface area contributed by atoms with Gasteiger partial charge in [-0.15, -0.1) is 0 Å². The quantitative estimate of drug-likeness (QED) is 0.615. The van der Waals surface area contributed by atoms with Crippen LogP contribution in [0.2, 0.25) is 0 Å². The average molecular weight is 302 g/mol. The number of methoxy groups -OCH3 is 1. The van der Waals surface area contributed by atoms with E-state index in [0.717, 1.165) is 52.4 Å². The summed E-state index contributed by atoms with van der Waals surface area (Å²) in [5.74, 6) is -0.511. The van der Waals surface area contributed by atoms with Crippen LogP contribution in [0.1, 0.15) is 20.8 Å². The Bertz CT molecular complexity index is 252. The molecule has 0 spiro atoms. The molecule has 126 valence electrons. The molecule has 0 unspecified atom stereocenters. The molecule has 1 atom stereocenters. The fourth-order valence-electron chi connectivity index (χ4n) is 2.21. The smallest absolute Gasteiger partial charge is 0.162 e. The molecule has 0 aromatic carbocycles. The van der Waals surface area contributed by atoms with Crippen molar-refractivity contribution in [2.24, 2.45) is 0 Å². The molecular weight excluding hydrogens is 268 g/mol. The summed E-state index contributed by atoms with van der Waals surface area (Å²) in [6.45, 7) is 15.0. The molecule has 1 fully saturated rings. The fraction of sp³-hybridized carbons (Fsp3) is 1.00. The number of hydrogen-bond donors (Lipinski definition) is 3. The van der Waals surface area contributed by atoms with Crippen molar-refractivity contribution in [1.29, 1.82) is 0 Å². The Kier molecular flexibility index (Phi) is 9.39. The minimum atomic E-state index is -0.511. The topological polar surface area (TPSA) is 57.8 Å². The number of rotatable bonds is 5. The summed E-state index contributed by atoms with van der Waals surface area (Å²) in [6, 6.07) is 0.379. The molecule has 1 aliphatic rings. The molecule has 0 aromatic heterocycles. The van der Waals surface area contributed by atoms with Gasteiger partial charge in [-0.25, -0.2) is 0 Å². The first-order valence-corrected chi connectivity index (χ1v) is 8.10. The van der Waals surface area contributed by atoms with Crippen LogP contribution in [0.3, 0.4) is 0 Å². The van der Waals surface area contributed by atoms with E-state index in [9.17, 15) is 0 Å². The van der Waals surface area contributed by atoms with Crippen LogP contribution in [-0.4, -0.2) is 82.8 Å². The highest BCUT2D eigenvalue weighted by molar-refractivity contribution is 4.71. The summed E-state index contributed by atoms with van der Waals surface area (Å²) in [7, 11) is 1.68. The molecule has 6 heteroatoms. The maximum Gasteiger partial charge on any atom is 0.162 e. The second kappa shape index (κ2) is 10.5.